The highest BCUT2D eigenvalue weighted by Gasteiger charge is 2.20. The summed E-state index contributed by atoms with van der Waals surface area (Å²) in [7, 11) is 3.50. The van der Waals surface area contributed by atoms with Crippen molar-refractivity contribution in [3.8, 4) is 5.75 Å². The topological polar surface area (TPSA) is 61.4 Å². The first-order chi connectivity index (χ1) is 13.7. The number of likely N-dealkylation sites (N-methyl/N-ethyl adjacent to an activating group) is 1. The Labute approximate surface area is 193 Å². The van der Waals surface area contributed by atoms with E-state index in [0.29, 0.717) is 19.3 Å². The quantitative estimate of drug-likeness (QED) is 0.215. The van der Waals surface area contributed by atoms with Gasteiger partial charge in [-0.2, -0.15) is 0 Å². The van der Waals surface area contributed by atoms with Gasteiger partial charge in [0.2, 0.25) is 0 Å². The van der Waals surface area contributed by atoms with Crippen LogP contribution in [-0.2, 0) is 4.74 Å². The van der Waals surface area contributed by atoms with Crippen molar-refractivity contribution in [2.75, 3.05) is 72.0 Å². The van der Waals surface area contributed by atoms with Gasteiger partial charge in [-0.25, -0.2) is 0 Å². The van der Waals surface area contributed by atoms with Crippen LogP contribution >= 0.6 is 24.0 Å². The van der Waals surface area contributed by atoms with Gasteiger partial charge in [0.15, 0.2) is 5.96 Å². The standard InChI is InChI=1S/C21H37N5O2.HI/c1-5-25-10-12-26(13-11-25)18(2)17-23-21(22-3)24-19-8-6-9-20(16-19)28-15-7-14-27-4;/h6,8-9,16,18H,5,7,10-15,17H2,1-4H3,(H2,22,23,24);1H. The van der Waals surface area contributed by atoms with Crippen LogP contribution < -0.4 is 15.4 Å². The maximum Gasteiger partial charge on any atom is 0.195 e. The average Bonchev–Trinajstić information content (AvgIpc) is 2.74. The molecular formula is C21H38IN5O2. The summed E-state index contributed by atoms with van der Waals surface area (Å²) in [4.78, 5) is 9.40. The molecule has 0 radical (unpaired) electrons. The number of rotatable bonds is 10. The fourth-order valence-electron chi connectivity index (χ4n) is 3.27. The molecule has 0 aliphatic carbocycles. The van der Waals surface area contributed by atoms with Gasteiger partial charge >= 0.3 is 0 Å². The molecule has 1 fully saturated rings. The maximum absolute atomic E-state index is 5.77. The van der Waals surface area contributed by atoms with Crippen molar-refractivity contribution in [2.45, 2.75) is 26.3 Å². The van der Waals surface area contributed by atoms with Crippen LogP contribution in [0.15, 0.2) is 29.3 Å². The smallest absolute Gasteiger partial charge is 0.195 e. The van der Waals surface area contributed by atoms with E-state index in [1.165, 1.54) is 0 Å². The maximum atomic E-state index is 5.77. The largest absolute Gasteiger partial charge is 0.493 e. The molecule has 1 aliphatic rings. The molecule has 0 saturated carbocycles. The second kappa shape index (κ2) is 14.8. The summed E-state index contributed by atoms with van der Waals surface area (Å²) in [6.45, 7) is 12.4. The van der Waals surface area contributed by atoms with E-state index in [1.54, 1.807) is 14.2 Å². The van der Waals surface area contributed by atoms with Crippen LogP contribution in [0.5, 0.6) is 5.75 Å². The van der Waals surface area contributed by atoms with Crippen LogP contribution in [0.4, 0.5) is 5.69 Å². The van der Waals surface area contributed by atoms with Gasteiger partial charge in [0.05, 0.1) is 6.61 Å². The van der Waals surface area contributed by atoms with Crippen molar-refractivity contribution in [1.29, 1.82) is 0 Å². The van der Waals surface area contributed by atoms with Gasteiger partial charge in [0, 0.05) is 77.7 Å². The van der Waals surface area contributed by atoms with E-state index in [-0.39, 0.29) is 24.0 Å². The summed E-state index contributed by atoms with van der Waals surface area (Å²) in [5, 5.41) is 6.80. The Morgan fingerprint density at radius 3 is 2.62 bits per heavy atom. The minimum atomic E-state index is 0. The van der Waals surface area contributed by atoms with Gasteiger partial charge in [0.25, 0.3) is 0 Å². The van der Waals surface area contributed by atoms with Gasteiger partial charge in [-0.1, -0.05) is 13.0 Å². The van der Waals surface area contributed by atoms with Crippen LogP contribution in [-0.4, -0.2) is 88.4 Å². The number of piperazine rings is 1. The zero-order valence-corrected chi connectivity index (χ0v) is 20.6. The summed E-state index contributed by atoms with van der Waals surface area (Å²) in [6.07, 6.45) is 0.877. The van der Waals surface area contributed by atoms with Crippen LogP contribution in [0.1, 0.15) is 20.3 Å². The van der Waals surface area contributed by atoms with E-state index in [2.05, 4.69) is 39.3 Å². The minimum absolute atomic E-state index is 0. The number of halogens is 1. The normalized spacial score (nSPS) is 16.8. The van der Waals surface area contributed by atoms with E-state index in [1.807, 2.05) is 24.3 Å². The molecule has 1 aliphatic heterocycles. The number of nitrogens with zero attached hydrogens (tertiary/aromatic N) is 3. The Morgan fingerprint density at radius 2 is 1.97 bits per heavy atom. The highest BCUT2D eigenvalue weighted by Crippen LogP contribution is 2.17. The van der Waals surface area contributed by atoms with Crippen molar-refractivity contribution in [3.05, 3.63) is 24.3 Å². The molecule has 1 unspecified atom stereocenters. The molecule has 0 amide bonds. The molecule has 0 aromatic heterocycles. The molecule has 166 valence electrons. The number of guanidine groups is 1. The first-order valence-corrected chi connectivity index (χ1v) is 10.3. The van der Waals surface area contributed by atoms with E-state index >= 15 is 0 Å². The number of nitrogens with one attached hydrogen (secondary N) is 2. The molecule has 29 heavy (non-hydrogen) atoms. The Bertz CT molecular complexity index is 594. The number of anilines is 1. The number of hydrogen-bond donors (Lipinski definition) is 2. The van der Waals surface area contributed by atoms with Gasteiger partial charge in [0.1, 0.15) is 5.75 Å². The summed E-state index contributed by atoms with van der Waals surface area (Å²) >= 11 is 0. The third kappa shape index (κ3) is 9.50. The first-order valence-electron chi connectivity index (χ1n) is 10.3. The zero-order chi connectivity index (χ0) is 20.2. The lowest BCUT2D eigenvalue weighted by Gasteiger charge is -2.37. The second-order valence-electron chi connectivity index (χ2n) is 7.12. The van der Waals surface area contributed by atoms with Crippen LogP contribution in [0, 0.1) is 0 Å². The summed E-state index contributed by atoms with van der Waals surface area (Å²) < 4.78 is 10.8. The van der Waals surface area contributed by atoms with Crippen LogP contribution in [0.3, 0.4) is 0 Å². The van der Waals surface area contributed by atoms with Crippen molar-refractivity contribution in [3.63, 3.8) is 0 Å². The molecule has 7 nitrogen and oxygen atoms in total. The SMILES string of the molecule is CCN1CCN(C(C)CNC(=NC)Nc2cccc(OCCCOC)c2)CC1.I. The molecule has 8 heteroatoms. The number of hydrogen-bond acceptors (Lipinski definition) is 5. The average molecular weight is 519 g/mol. The Balaban J connectivity index is 0.00000420. The third-order valence-corrected chi connectivity index (χ3v) is 5.12. The first kappa shape index (κ1) is 25.9. The van der Waals surface area contributed by atoms with E-state index in [0.717, 1.165) is 63.1 Å². The van der Waals surface area contributed by atoms with Crippen LogP contribution in [0.2, 0.25) is 0 Å². The summed E-state index contributed by atoms with van der Waals surface area (Å²) in [6, 6.07) is 8.42. The Morgan fingerprint density at radius 1 is 1.21 bits per heavy atom. The molecule has 0 bridgehead atoms. The molecule has 2 N–H and O–H groups in total. The van der Waals surface area contributed by atoms with Crippen molar-refractivity contribution < 1.29 is 9.47 Å². The van der Waals surface area contributed by atoms with Gasteiger partial charge < -0.3 is 25.0 Å². The predicted molar refractivity (Wildman–Crippen MR) is 132 cm³/mol. The van der Waals surface area contributed by atoms with Gasteiger partial charge in [-0.15, -0.1) is 24.0 Å². The lowest BCUT2D eigenvalue weighted by atomic mass is 10.2. The number of ether oxygens (including phenoxy) is 2. The molecule has 2 rings (SSSR count). The van der Waals surface area contributed by atoms with Gasteiger partial charge in [-0.05, 0) is 25.6 Å². The van der Waals surface area contributed by atoms with Gasteiger partial charge in [-0.3, -0.25) is 9.89 Å². The Hall–Kier alpha value is -1.10. The van der Waals surface area contributed by atoms with Crippen molar-refractivity contribution in [1.82, 2.24) is 15.1 Å². The number of benzene rings is 1. The Kier molecular flexibility index (Phi) is 13.2. The van der Waals surface area contributed by atoms with Crippen molar-refractivity contribution >= 4 is 35.6 Å². The van der Waals surface area contributed by atoms with Crippen LogP contribution in [0.25, 0.3) is 0 Å². The van der Waals surface area contributed by atoms with E-state index in [9.17, 15) is 0 Å². The highest BCUT2D eigenvalue weighted by molar-refractivity contribution is 14.0. The predicted octanol–water partition coefficient (Wildman–Crippen LogP) is 2.73. The molecule has 1 aromatic carbocycles. The fourth-order valence-corrected chi connectivity index (χ4v) is 3.27. The molecular weight excluding hydrogens is 481 g/mol. The number of methoxy groups -OCH3 is 1. The summed E-state index contributed by atoms with van der Waals surface area (Å²) in [5.74, 6) is 1.62. The molecule has 0 spiro atoms. The fraction of sp³-hybridized carbons (Fsp3) is 0.667. The van der Waals surface area contributed by atoms with E-state index in [4.69, 9.17) is 9.47 Å². The monoisotopic (exact) mass is 519 g/mol. The minimum Gasteiger partial charge on any atom is -0.493 e. The zero-order valence-electron chi connectivity index (χ0n) is 18.3. The lowest BCUT2D eigenvalue weighted by Crippen LogP contribution is -2.52. The molecule has 1 atom stereocenters. The molecule has 1 saturated heterocycles. The van der Waals surface area contributed by atoms with Crippen molar-refractivity contribution in [2.24, 2.45) is 4.99 Å². The molecule has 1 heterocycles. The third-order valence-electron chi connectivity index (χ3n) is 5.12. The lowest BCUT2D eigenvalue weighted by molar-refractivity contribution is 0.107. The summed E-state index contributed by atoms with van der Waals surface area (Å²) in [5.41, 5.74) is 0.960. The number of aliphatic imine (C=N–C) groups is 1. The second-order valence-corrected chi connectivity index (χ2v) is 7.12. The van der Waals surface area contributed by atoms with E-state index < -0.39 is 0 Å². The molecule has 1 aromatic rings. The highest BCUT2D eigenvalue weighted by atomic mass is 127.